The van der Waals surface area contributed by atoms with E-state index in [-0.39, 0.29) is 0 Å². The summed E-state index contributed by atoms with van der Waals surface area (Å²) in [5.41, 5.74) is 6.67. The van der Waals surface area contributed by atoms with Crippen LogP contribution in [0.3, 0.4) is 0 Å². The van der Waals surface area contributed by atoms with E-state index in [2.05, 4.69) is 15.3 Å². The lowest BCUT2D eigenvalue weighted by atomic mass is 10.3. The lowest BCUT2D eigenvalue weighted by Gasteiger charge is -2.09. The molecule has 3 aromatic rings. The lowest BCUT2D eigenvalue weighted by Crippen LogP contribution is -2.00. The van der Waals surface area contributed by atoms with Crippen LogP contribution in [0.2, 0.25) is 0 Å². The first kappa shape index (κ1) is 15.2. The SMILES string of the molecule is CSc1nc(N)cc(Nc2ccc(Oc3ccccc3)cc2)n1. The number of nitrogen functional groups attached to an aromatic ring is 1. The fourth-order valence-electron chi connectivity index (χ4n) is 1.98. The number of benzene rings is 2. The van der Waals surface area contributed by atoms with Crippen LogP contribution in [0.15, 0.2) is 65.8 Å². The number of nitrogens with two attached hydrogens (primary N) is 1. The Bertz CT molecular complexity index is 778. The summed E-state index contributed by atoms with van der Waals surface area (Å²) in [6.07, 6.45) is 1.91. The van der Waals surface area contributed by atoms with Gasteiger partial charge in [0, 0.05) is 11.8 Å². The molecule has 0 saturated heterocycles. The van der Waals surface area contributed by atoms with Crippen LogP contribution in [0, 0.1) is 0 Å². The third kappa shape index (κ3) is 4.14. The highest BCUT2D eigenvalue weighted by molar-refractivity contribution is 7.98. The molecule has 5 nitrogen and oxygen atoms in total. The van der Waals surface area contributed by atoms with Gasteiger partial charge >= 0.3 is 0 Å². The van der Waals surface area contributed by atoms with Gasteiger partial charge in [-0.1, -0.05) is 30.0 Å². The van der Waals surface area contributed by atoms with E-state index in [9.17, 15) is 0 Å². The van der Waals surface area contributed by atoms with Gasteiger partial charge in [-0.05, 0) is 42.7 Å². The first-order valence-corrected chi connectivity index (χ1v) is 8.24. The van der Waals surface area contributed by atoms with Gasteiger partial charge in [-0.25, -0.2) is 9.97 Å². The topological polar surface area (TPSA) is 73.1 Å². The Morgan fingerprint density at radius 1 is 0.957 bits per heavy atom. The number of anilines is 3. The molecule has 0 aliphatic carbocycles. The van der Waals surface area contributed by atoms with Gasteiger partial charge in [0.2, 0.25) is 0 Å². The first-order chi connectivity index (χ1) is 11.2. The summed E-state index contributed by atoms with van der Waals surface area (Å²) >= 11 is 1.45. The van der Waals surface area contributed by atoms with Gasteiger partial charge in [0.05, 0.1) is 0 Å². The van der Waals surface area contributed by atoms with E-state index >= 15 is 0 Å². The molecular formula is C17H16N4OS. The van der Waals surface area contributed by atoms with Crippen LogP contribution in [0.5, 0.6) is 11.5 Å². The molecule has 3 rings (SSSR count). The summed E-state index contributed by atoms with van der Waals surface area (Å²) in [6, 6.07) is 19.0. The summed E-state index contributed by atoms with van der Waals surface area (Å²) in [5, 5.41) is 3.85. The van der Waals surface area contributed by atoms with Crippen LogP contribution in [0.25, 0.3) is 0 Å². The number of rotatable bonds is 5. The molecule has 1 heterocycles. The minimum absolute atomic E-state index is 0.441. The second kappa shape index (κ2) is 7.02. The second-order valence-electron chi connectivity index (χ2n) is 4.73. The zero-order valence-electron chi connectivity index (χ0n) is 12.6. The van der Waals surface area contributed by atoms with Gasteiger partial charge in [-0.3, -0.25) is 0 Å². The average Bonchev–Trinajstić information content (AvgIpc) is 2.57. The summed E-state index contributed by atoms with van der Waals surface area (Å²) in [6.45, 7) is 0. The van der Waals surface area contributed by atoms with Gasteiger partial charge in [-0.2, -0.15) is 0 Å². The molecule has 1 aromatic heterocycles. The number of thioether (sulfide) groups is 1. The largest absolute Gasteiger partial charge is 0.457 e. The molecule has 0 atom stereocenters. The van der Waals surface area contributed by atoms with E-state index in [1.54, 1.807) is 6.07 Å². The van der Waals surface area contributed by atoms with Crippen molar-refractivity contribution in [3.63, 3.8) is 0 Å². The molecule has 0 amide bonds. The Balaban J connectivity index is 1.71. The van der Waals surface area contributed by atoms with Crippen LogP contribution in [0.1, 0.15) is 0 Å². The Hall–Kier alpha value is -2.73. The number of para-hydroxylation sites is 1. The fraction of sp³-hybridized carbons (Fsp3) is 0.0588. The number of ether oxygens (including phenoxy) is 1. The Morgan fingerprint density at radius 3 is 2.35 bits per heavy atom. The van der Waals surface area contributed by atoms with Crippen molar-refractivity contribution in [3.05, 3.63) is 60.7 Å². The summed E-state index contributed by atoms with van der Waals surface area (Å²) in [5.74, 6) is 2.68. The molecule has 0 aliphatic heterocycles. The van der Waals surface area contributed by atoms with Crippen LogP contribution in [-0.2, 0) is 0 Å². The summed E-state index contributed by atoms with van der Waals surface area (Å²) < 4.78 is 5.76. The number of hydrogen-bond acceptors (Lipinski definition) is 6. The highest BCUT2D eigenvalue weighted by Crippen LogP contribution is 2.24. The molecule has 0 unspecified atom stereocenters. The molecule has 0 spiro atoms. The number of nitrogens with zero attached hydrogens (tertiary/aromatic N) is 2. The Morgan fingerprint density at radius 2 is 1.65 bits per heavy atom. The molecule has 0 saturated carbocycles. The molecule has 0 fully saturated rings. The molecule has 3 N–H and O–H groups in total. The maximum absolute atomic E-state index is 5.77. The van der Waals surface area contributed by atoms with Gasteiger partial charge in [0.15, 0.2) is 5.16 Å². The van der Waals surface area contributed by atoms with Gasteiger partial charge in [0.1, 0.15) is 23.1 Å². The van der Waals surface area contributed by atoms with Gasteiger partial charge in [0.25, 0.3) is 0 Å². The monoisotopic (exact) mass is 324 g/mol. The van der Waals surface area contributed by atoms with Crippen LogP contribution in [0.4, 0.5) is 17.3 Å². The van der Waals surface area contributed by atoms with Gasteiger partial charge < -0.3 is 15.8 Å². The van der Waals surface area contributed by atoms with Crippen molar-refractivity contribution < 1.29 is 4.74 Å². The van der Waals surface area contributed by atoms with Crippen molar-refractivity contribution in [2.24, 2.45) is 0 Å². The van der Waals surface area contributed by atoms with Crippen LogP contribution < -0.4 is 15.8 Å². The molecule has 23 heavy (non-hydrogen) atoms. The molecule has 0 aliphatic rings. The Labute approximate surface area is 138 Å². The minimum atomic E-state index is 0.441. The smallest absolute Gasteiger partial charge is 0.191 e. The second-order valence-corrected chi connectivity index (χ2v) is 5.50. The van der Waals surface area contributed by atoms with Crippen LogP contribution >= 0.6 is 11.8 Å². The predicted octanol–water partition coefficient (Wildman–Crippen LogP) is 4.32. The molecule has 6 heteroatoms. The Kier molecular flexibility index (Phi) is 4.63. The van der Waals surface area contributed by atoms with Crippen molar-refractivity contribution in [1.82, 2.24) is 9.97 Å². The number of hydrogen-bond donors (Lipinski definition) is 2. The van der Waals surface area contributed by atoms with Crippen molar-refractivity contribution >= 4 is 29.1 Å². The average molecular weight is 324 g/mol. The zero-order chi connectivity index (χ0) is 16.1. The highest BCUT2D eigenvalue weighted by atomic mass is 32.2. The van der Waals surface area contributed by atoms with E-state index in [1.807, 2.05) is 60.9 Å². The van der Waals surface area contributed by atoms with Gasteiger partial charge in [-0.15, -0.1) is 0 Å². The normalized spacial score (nSPS) is 10.3. The maximum Gasteiger partial charge on any atom is 0.191 e. The van der Waals surface area contributed by atoms with E-state index in [1.165, 1.54) is 11.8 Å². The van der Waals surface area contributed by atoms with Crippen molar-refractivity contribution in [2.75, 3.05) is 17.3 Å². The molecule has 0 bridgehead atoms. The van der Waals surface area contributed by atoms with Crippen LogP contribution in [-0.4, -0.2) is 16.2 Å². The number of aromatic nitrogens is 2. The van der Waals surface area contributed by atoms with E-state index in [4.69, 9.17) is 10.5 Å². The summed E-state index contributed by atoms with van der Waals surface area (Å²) in [7, 11) is 0. The predicted molar refractivity (Wildman–Crippen MR) is 94.5 cm³/mol. The zero-order valence-corrected chi connectivity index (χ0v) is 13.4. The standard InChI is InChI=1S/C17H16N4OS/c1-23-17-20-15(18)11-16(21-17)19-12-7-9-14(10-8-12)22-13-5-3-2-4-6-13/h2-11H,1H3,(H3,18,19,20,21). The highest BCUT2D eigenvalue weighted by Gasteiger charge is 2.03. The fourth-order valence-corrected chi connectivity index (χ4v) is 2.36. The molecular weight excluding hydrogens is 308 g/mol. The van der Waals surface area contributed by atoms with Crippen molar-refractivity contribution in [1.29, 1.82) is 0 Å². The quantitative estimate of drug-likeness (QED) is 0.538. The van der Waals surface area contributed by atoms with E-state index in [0.29, 0.717) is 16.8 Å². The molecule has 116 valence electrons. The van der Waals surface area contributed by atoms with Crippen molar-refractivity contribution in [3.8, 4) is 11.5 Å². The van der Waals surface area contributed by atoms with Crippen molar-refractivity contribution in [2.45, 2.75) is 5.16 Å². The first-order valence-electron chi connectivity index (χ1n) is 7.01. The lowest BCUT2D eigenvalue weighted by molar-refractivity contribution is 0.483. The summed E-state index contributed by atoms with van der Waals surface area (Å²) in [4.78, 5) is 8.49. The minimum Gasteiger partial charge on any atom is -0.457 e. The maximum atomic E-state index is 5.77. The number of nitrogens with one attached hydrogen (secondary N) is 1. The molecule has 0 radical (unpaired) electrons. The van der Waals surface area contributed by atoms with E-state index in [0.717, 1.165) is 17.2 Å². The molecule has 2 aromatic carbocycles. The van der Waals surface area contributed by atoms with E-state index < -0.39 is 0 Å². The third-order valence-electron chi connectivity index (χ3n) is 3.01. The third-order valence-corrected chi connectivity index (χ3v) is 3.56.